The van der Waals surface area contributed by atoms with Crippen LogP contribution < -0.4 is 0 Å². The highest BCUT2D eigenvalue weighted by Gasteiger charge is 1.98. The maximum Gasteiger partial charge on any atom is 0.123 e. The number of hydrogen-bond donors (Lipinski definition) is 1. The molecule has 0 aliphatic rings. The van der Waals surface area contributed by atoms with Crippen LogP contribution in [0.1, 0.15) is 5.56 Å². The Morgan fingerprint density at radius 1 is 1.15 bits per heavy atom. The van der Waals surface area contributed by atoms with Crippen LogP contribution in [0.15, 0.2) is 36.4 Å². The van der Waals surface area contributed by atoms with E-state index in [9.17, 15) is 5.11 Å². The molecule has 0 fully saturated rings. The van der Waals surface area contributed by atoms with E-state index in [1.165, 1.54) is 0 Å². The summed E-state index contributed by atoms with van der Waals surface area (Å²) in [6.45, 7) is 0. The summed E-state index contributed by atoms with van der Waals surface area (Å²) in [6.07, 6.45) is 5.27. The van der Waals surface area contributed by atoms with Crippen molar-refractivity contribution in [2.24, 2.45) is 0 Å². The zero-order chi connectivity index (χ0) is 9.26. The first kappa shape index (κ1) is 7.70. The molecular formula is C12H8O. The molecule has 0 saturated carbocycles. The van der Waals surface area contributed by atoms with Gasteiger partial charge in [-0.2, -0.15) is 0 Å². The van der Waals surface area contributed by atoms with E-state index in [2.05, 4.69) is 5.92 Å². The second-order valence-corrected chi connectivity index (χ2v) is 2.86. The molecule has 0 unspecified atom stereocenters. The summed E-state index contributed by atoms with van der Waals surface area (Å²) in [5, 5.41) is 11.3. The number of terminal acetylenes is 1. The average Bonchev–Trinajstić information content (AvgIpc) is 2.18. The molecule has 62 valence electrons. The predicted molar refractivity (Wildman–Crippen MR) is 53.5 cm³/mol. The molecule has 0 aliphatic heterocycles. The average molecular weight is 168 g/mol. The Balaban J connectivity index is 2.82. The van der Waals surface area contributed by atoms with Gasteiger partial charge in [-0.15, -0.1) is 6.42 Å². The van der Waals surface area contributed by atoms with Crippen molar-refractivity contribution >= 4 is 10.8 Å². The number of phenols is 1. The quantitative estimate of drug-likeness (QED) is 0.599. The number of benzene rings is 2. The molecule has 13 heavy (non-hydrogen) atoms. The predicted octanol–water partition coefficient (Wildman–Crippen LogP) is 2.53. The second kappa shape index (κ2) is 2.84. The third-order valence-corrected chi connectivity index (χ3v) is 2.02. The van der Waals surface area contributed by atoms with Crippen molar-refractivity contribution in [2.75, 3.05) is 0 Å². The van der Waals surface area contributed by atoms with Gasteiger partial charge >= 0.3 is 0 Å². The van der Waals surface area contributed by atoms with Crippen LogP contribution >= 0.6 is 0 Å². The smallest absolute Gasteiger partial charge is 0.123 e. The number of fused-ring (bicyclic) bond motifs is 1. The zero-order valence-electron chi connectivity index (χ0n) is 6.99. The highest BCUT2D eigenvalue weighted by Crippen LogP contribution is 2.24. The number of phenolic OH excluding ortho intramolecular Hbond substituents is 1. The van der Waals surface area contributed by atoms with Gasteiger partial charge in [0.2, 0.25) is 0 Å². The lowest BCUT2D eigenvalue weighted by atomic mass is 10.1. The van der Waals surface area contributed by atoms with Crippen LogP contribution in [0.25, 0.3) is 10.8 Å². The Bertz CT molecular complexity index is 492. The van der Waals surface area contributed by atoms with E-state index in [1.54, 1.807) is 12.1 Å². The summed E-state index contributed by atoms with van der Waals surface area (Å²) in [7, 11) is 0. The first-order chi connectivity index (χ1) is 6.31. The number of hydrogen-bond acceptors (Lipinski definition) is 1. The lowest BCUT2D eigenvalue weighted by molar-refractivity contribution is 0.481. The molecule has 0 bridgehead atoms. The zero-order valence-corrected chi connectivity index (χ0v) is 6.99. The maximum absolute atomic E-state index is 9.48. The van der Waals surface area contributed by atoms with Gasteiger partial charge in [-0.25, -0.2) is 0 Å². The van der Waals surface area contributed by atoms with E-state index in [0.717, 1.165) is 16.3 Å². The van der Waals surface area contributed by atoms with Gasteiger partial charge in [0.1, 0.15) is 5.75 Å². The Labute approximate surface area is 76.6 Å². The molecular weight excluding hydrogens is 160 g/mol. The van der Waals surface area contributed by atoms with E-state index in [-0.39, 0.29) is 0 Å². The SMILES string of the molecule is C#Cc1ccc2c(O)cccc2c1. The van der Waals surface area contributed by atoms with Crippen molar-refractivity contribution in [1.82, 2.24) is 0 Å². The third kappa shape index (κ3) is 1.23. The van der Waals surface area contributed by atoms with Gasteiger partial charge < -0.3 is 5.11 Å². The standard InChI is InChI=1S/C12H8O/c1-2-9-6-7-11-10(8-9)4-3-5-12(11)13/h1,3-8,13H. The fourth-order valence-corrected chi connectivity index (χ4v) is 1.36. The topological polar surface area (TPSA) is 20.2 Å². The molecule has 0 saturated heterocycles. The molecule has 1 heteroatoms. The van der Waals surface area contributed by atoms with Gasteiger partial charge in [0, 0.05) is 10.9 Å². The molecule has 0 aliphatic carbocycles. The van der Waals surface area contributed by atoms with Crippen molar-refractivity contribution < 1.29 is 5.11 Å². The first-order valence-corrected chi connectivity index (χ1v) is 3.99. The fraction of sp³-hybridized carbons (Fsp3) is 0. The van der Waals surface area contributed by atoms with Crippen LogP contribution in [0.3, 0.4) is 0 Å². The Morgan fingerprint density at radius 2 is 2.00 bits per heavy atom. The molecule has 1 nitrogen and oxygen atoms in total. The van der Waals surface area contributed by atoms with E-state index in [1.807, 2.05) is 24.3 Å². The summed E-state index contributed by atoms with van der Waals surface area (Å²) < 4.78 is 0. The van der Waals surface area contributed by atoms with Crippen LogP contribution in [0.4, 0.5) is 0 Å². The molecule has 2 aromatic rings. The van der Waals surface area contributed by atoms with Crippen LogP contribution in [0, 0.1) is 12.3 Å². The van der Waals surface area contributed by atoms with E-state index < -0.39 is 0 Å². The minimum Gasteiger partial charge on any atom is -0.507 e. The number of rotatable bonds is 0. The summed E-state index contributed by atoms with van der Waals surface area (Å²) >= 11 is 0. The Hall–Kier alpha value is -1.94. The van der Waals surface area contributed by atoms with Gasteiger partial charge in [-0.1, -0.05) is 18.1 Å². The van der Waals surface area contributed by atoms with Crippen molar-refractivity contribution in [1.29, 1.82) is 0 Å². The molecule has 0 radical (unpaired) electrons. The van der Waals surface area contributed by atoms with Crippen LogP contribution in [-0.4, -0.2) is 5.11 Å². The van der Waals surface area contributed by atoms with Crippen molar-refractivity contribution in [3.8, 4) is 18.1 Å². The fourth-order valence-electron chi connectivity index (χ4n) is 1.36. The molecule has 0 spiro atoms. The summed E-state index contributed by atoms with van der Waals surface area (Å²) in [5.74, 6) is 2.85. The summed E-state index contributed by atoms with van der Waals surface area (Å²) in [4.78, 5) is 0. The molecule has 1 N–H and O–H groups in total. The molecule has 2 aromatic carbocycles. The number of aromatic hydroxyl groups is 1. The summed E-state index contributed by atoms with van der Waals surface area (Å²) in [5.41, 5.74) is 0.832. The van der Waals surface area contributed by atoms with Gasteiger partial charge in [-0.05, 0) is 29.7 Å². The van der Waals surface area contributed by atoms with Crippen LogP contribution in [0.2, 0.25) is 0 Å². The van der Waals surface area contributed by atoms with Crippen LogP contribution in [0.5, 0.6) is 5.75 Å². The van der Waals surface area contributed by atoms with Crippen molar-refractivity contribution in [2.45, 2.75) is 0 Å². The minimum atomic E-state index is 0.293. The van der Waals surface area contributed by atoms with Gasteiger partial charge in [0.15, 0.2) is 0 Å². The van der Waals surface area contributed by atoms with Crippen molar-refractivity contribution in [3.63, 3.8) is 0 Å². The summed E-state index contributed by atoms with van der Waals surface area (Å²) in [6, 6.07) is 10.9. The highest BCUT2D eigenvalue weighted by molar-refractivity contribution is 5.88. The monoisotopic (exact) mass is 168 g/mol. The second-order valence-electron chi connectivity index (χ2n) is 2.86. The van der Waals surface area contributed by atoms with Gasteiger partial charge in [-0.3, -0.25) is 0 Å². The maximum atomic E-state index is 9.48. The lowest BCUT2D eigenvalue weighted by Crippen LogP contribution is -1.76. The highest BCUT2D eigenvalue weighted by atomic mass is 16.3. The third-order valence-electron chi connectivity index (χ3n) is 2.02. The molecule has 0 aromatic heterocycles. The van der Waals surface area contributed by atoms with Crippen LogP contribution in [-0.2, 0) is 0 Å². The lowest BCUT2D eigenvalue weighted by Gasteiger charge is -2.00. The van der Waals surface area contributed by atoms with Crippen molar-refractivity contribution in [3.05, 3.63) is 42.0 Å². The van der Waals surface area contributed by atoms with E-state index >= 15 is 0 Å². The van der Waals surface area contributed by atoms with Gasteiger partial charge in [0.05, 0.1) is 0 Å². The molecule has 0 heterocycles. The largest absolute Gasteiger partial charge is 0.507 e. The molecule has 2 rings (SSSR count). The Kier molecular flexibility index (Phi) is 1.68. The minimum absolute atomic E-state index is 0.293. The molecule has 0 amide bonds. The first-order valence-electron chi connectivity index (χ1n) is 3.99. The van der Waals surface area contributed by atoms with E-state index in [4.69, 9.17) is 6.42 Å². The van der Waals surface area contributed by atoms with E-state index in [0.29, 0.717) is 5.75 Å². The normalized spacial score (nSPS) is 9.77. The van der Waals surface area contributed by atoms with Gasteiger partial charge in [0.25, 0.3) is 0 Å². The molecule has 0 atom stereocenters. The Morgan fingerprint density at radius 3 is 2.77 bits per heavy atom.